The third-order valence-electron chi connectivity index (χ3n) is 4.03. The van der Waals surface area contributed by atoms with Crippen molar-refractivity contribution in [2.75, 3.05) is 0 Å². The molecule has 2 aromatic rings. The molecule has 2 heterocycles. The van der Waals surface area contributed by atoms with Gasteiger partial charge in [-0.3, -0.25) is 0 Å². The highest BCUT2D eigenvalue weighted by molar-refractivity contribution is 6.16. The molecular formula is C14H18ClN3. The van der Waals surface area contributed by atoms with E-state index in [1.165, 1.54) is 19.3 Å². The van der Waals surface area contributed by atoms with E-state index in [0.29, 0.717) is 11.3 Å². The number of rotatable bonds is 3. The molecule has 0 spiro atoms. The first kappa shape index (κ1) is 12.0. The number of hydrogen-bond donors (Lipinski definition) is 0. The lowest BCUT2D eigenvalue weighted by molar-refractivity contribution is 0.132. The Hall–Kier alpha value is -1.09. The second-order valence-electron chi connectivity index (χ2n) is 5.71. The summed E-state index contributed by atoms with van der Waals surface area (Å²) in [5.41, 5.74) is 3.38. The Morgan fingerprint density at radius 2 is 2.11 bits per heavy atom. The minimum atomic E-state index is 0.403. The predicted octanol–water partition coefficient (Wildman–Crippen LogP) is 3.67. The van der Waals surface area contributed by atoms with Crippen LogP contribution in [0.25, 0.3) is 11.2 Å². The van der Waals surface area contributed by atoms with E-state index >= 15 is 0 Å². The minimum Gasteiger partial charge on any atom is -0.311 e. The first-order valence-corrected chi connectivity index (χ1v) is 7.03. The first-order chi connectivity index (χ1) is 8.61. The maximum atomic E-state index is 6.02. The highest BCUT2D eigenvalue weighted by Crippen LogP contribution is 2.42. The number of hydrogen-bond acceptors (Lipinski definition) is 2. The molecule has 0 N–H and O–H groups in total. The normalized spacial score (nSPS) is 17.9. The zero-order valence-electron chi connectivity index (χ0n) is 10.9. The van der Waals surface area contributed by atoms with E-state index in [1.807, 2.05) is 19.1 Å². The van der Waals surface area contributed by atoms with E-state index in [0.717, 1.165) is 29.2 Å². The molecule has 0 amide bonds. The third kappa shape index (κ3) is 1.91. The summed E-state index contributed by atoms with van der Waals surface area (Å²) in [4.78, 5) is 9.21. The Kier molecular flexibility index (Phi) is 2.81. The van der Waals surface area contributed by atoms with Gasteiger partial charge >= 0.3 is 0 Å². The quantitative estimate of drug-likeness (QED) is 0.791. The van der Waals surface area contributed by atoms with Crippen molar-refractivity contribution in [2.24, 2.45) is 5.41 Å². The molecule has 1 fully saturated rings. The van der Waals surface area contributed by atoms with Crippen molar-refractivity contribution in [3.8, 4) is 0 Å². The second-order valence-corrected chi connectivity index (χ2v) is 5.97. The number of aromatic nitrogens is 3. The Morgan fingerprint density at radius 1 is 1.33 bits per heavy atom. The van der Waals surface area contributed by atoms with Crippen molar-refractivity contribution in [2.45, 2.75) is 45.5 Å². The van der Waals surface area contributed by atoms with E-state index in [-0.39, 0.29) is 0 Å². The van der Waals surface area contributed by atoms with Crippen LogP contribution in [0.5, 0.6) is 0 Å². The van der Waals surface area contributed by atoms with E-state index in [1.54, 1.807) is 0 Å². The third-order valence-corrected chi connectivity index (χ3v) is 4.27. The average molecular weight is 264 g/mol. The van der Waals surface area contributed by atoms with E-state index in [9.17, 15) is 0 Å². The molecule has 0 aliphatic heterocycles. The number of imidazole rings is 1. The number of alkyl halides is 1. The van der Waals surface area contributed by atoms with Crippen molar-refractivity contribution >= 4 is 22.8 Å². The van der Waals surface area contributed by atoms with Crippen LogP contribution < -0.4 is 0 Å². The minimum absolute atomic E-state index is 0.403. The summed E-state index contributed by atoms with van der Waals surface area (Å²) in [6, 6.07) is 4.04. The Balaban J connectivity index is 2.09. The lowest BCUT2D eigenvalue weighted by Gasteiger charge is -2.39. The second kappa shape index (κ2) is 4.23. The molecule has 18 heavy (non-hydrogen) atoms. The van der Waals surface area contributed by atoms with Gasteiger partial charge in [-0.15, -0.1) is 11.6 Å². The van der Waals surface area contributed by atoms with Crippen LogP contribution in [0.3, 0.4) is 0 Å². The van der Waals surface area contributed by atoms with Crippen LogP contribution in [0.2, 0.25) is 0 Å². The van der Waals surface area contributed by atoms with E-state index in [2.05, 4.69) is 21.5 Å². The maximum absolute atomic E-state index is 6.02. The van der Waals surface area contributed by atoms with Crippen LogP contribution in [0.1, 0.15) is 37.7 Å². The van der Waals surface area contributed by atoms with E-state index < -0.39 is 0 Å². The maximum Gasteiger partial charge on any atom is 0.160 e. The number of nitrogens with zero attached hydrogens (tertiary/aromatic N) is 3. The molecule has 0 bridgehead atoms. The molecule has 3 rings (SSSR count). The Morgan fingerprint density at radius 3 is 2.72 bits per heavy atom. The van der Waals surface area contributed by atoms with Crippen molar-refractivity contribution in [3.05, 3.63) is 23.7 Å². The van der Waals surface area contributed by atoms with Crippen molar-refractivity contribution in [1.82, 2.24) is 14.5 Å². The average Bonchev–Trinajstić information content (AvgIpc) is 2.65. The van der Waals surface area contributed by atoms with E-state index in [4.69, 9.17) is 11.6 Å². The number of halogens is 1. The van der Waals surface area contributed by atoms with Crippen molar-refractivity contribution < 1.29 is 0 Å². The van der Waals surface area contributed by atoms with Crippen LogP contribution >= 0.6 is 11.6 Å². The molecule has 0 saturated heterocycles. The summed E-state index contributed by atoms with van der Waals surface area (Å²) in [6.07, 6.45) is 3.92. The van der Waals surface area contributed by atoms with Crippen molar-refractivity contribution in [3.63, 3.8) is 0 Å². The summed E-state index contributed by atoms with van der Waals surface area (Å²) in [6.45, 7) is 5.35. The standard InChI is InChI=1S/C14H18ClN3/c1-10-4-5-11-13(16-10)18(12(8-15)17-11)9-14(2)6-3-7-14/h4-5H,3,6-9H2,1-2H3. The van der Waals surface area contributed by atoms with Crippen LogP contribution in [-0.4, -0.2) is 14.5 Å². The van der Waals surface area contributed by atoms with Gasteiger partial charge in [0.15, 0.2) is 5.65 Å². The molecular weight excluding hydrogens is 246 g/mol. The van der Waals surface area contributed by atoms with Crippen LogP contribution in [-0.2, 0) is 12.4 Å². The van der Waals surface area contributed by atoms with Gasteiger partial charge < -0.3 is 4.57 Å². The van der Waals surface area contributed by atoms with Crippen LogP contribution in [0, 0.1) is 12.3 Å². The first-order valence-electron chi connectivity index (χ1n) is 6.50. The smallest absolute Gasteiger partial charge is 0.160 e. The zero-order chi connectivity index (χ0) is 12.8. The summed E-state index contributed by atoms with van der Waals surface area (Å²) < 4.78 is 2.22. The van der Waals surface area contributed by atoms with Gasteiger partial charge in [0.1, 0.15) is 11.3 Å². The van der Waals surface area contributed by atoms with Gasteiger partial charge in [-0.05, 0) is 37.3 Å². The Bertz CT molecular complexity index is 584. The SMILES string of the molecule is Cc1ccc2nc(CCl)n(CC3(C)CCC3)c2n1. The van der Waals surface area contributed by atoms with Gasteiger partial charge in [0, 0.05) is 12.2 Å². The molecule has 1 aliphatic carbocycles. The van der Waals surface area contributed by atoms with Gasteiger partial charge in [-0.1, -0.05) is 13.3 Å². The fourth-order valence-corrected chi connectivity index (χ4v) is 2.94. The summed E-state index contributed by atoms with van der Waals surface area (Å²) in [7, 11) is 0. The number of aryl methyl sites for hydroxylation is 1. The van der Waals surface area contributed by atoms with Gasteiger partial charge in [0.25, 0.3) is 0 Å². The molecule has 0 aromatic carbocycles. The van der Waals surface area contributed by atoms with Gasteiger partial charge in [-0.2, -0.15) is 0 Å². The summed E-state index contributed by atoms with van der Waals surface area (Å²) in [5.74, 6) is 1.39. The molecule has 1 aliphatic rings. The summed E-state index contributed by atoms with van der Waals surface area (Å²) in [5, 5.41) is 0. The van der Waals surface area contributed by atoms with Crippen LogP contribution in [0.4, 0.5) is 0 Å². The number of fused-ring (bicyclic) bond motifs is 1. The molecule has 3 nitrogen and oxygen atoms in total. The monoisotopic (exact) mass is 263 g/mol. The molecule has 2 aromatic heterocycles. The largest absolute Gasteiger partial charge is 0.311 e. The molecule has 0 atom stereocenters. The summed E-state index contributed by atoms with van der Waals surface area (Å²) >= 11 is 6.02. The predicted molar refractivity (Wildman–Crippen MR) is 73.8 cm³/mol. The Labute approximate surface area is 112 Å². The highest BCUT2D eigenvalue weighted by atomic mass is 35.5. The molecule has 0 unspecified atom stereocenters. The highest BCUT2D eigenvalue weighted by Gasteiger charge is 2.33. The zero-order valence-corrected chi connectivity index (χ0v) is 11.7. The van der Waals surface area contributed by atoms with Crippen molar-refractivity contribution in [1.29, 1.82) is 0 Å². The fourth-order valence-electron chi connectivity index (χ4n) is 2.73. The topological polar surface area (TPSA) is 30.7 Å². The molecule has 1 saturated carbocycles. The van der Waals surface area contributed by atoms with Crippen LogP contribution in [0.15, 0.2) is 12.1 Å². The lowest BCUT2D eigenvalue weighted by Crippen LogP contribution is -2.31. The molecule has 96 valence electrons. The van der Waals surface area contributed by atoms with Gasteiger partial charge in [0.05, 0.1) is 5.88 Å². The molecule has 4 heteroatoms. The van der Waals surface area contributed by atoms with Gasteiger partial charge in [0.2, 0.25) is 0 Å². The number of pyridine rings is 1. The fraction of sp³-hybridized carbons (Fsp3) is 0.571. The lowest BCUT2D eigenvalue weighted by atomic mass is 9.70. The van der Waals surface area contributed by atoms with Gasteiger partial charge in [-0.25, -0.2) is 9.97 Å². The molecule has 0 radical (unpaired) electrons.